The molecule has 1 heterocycles. The molecule has 0 atom stereocenters. The Morgan fingerprint density at radius 1 is 0.926 bits per heavy atom. The van der Waals surface area contributed by atoms with Gasteiger partial charge in [0.25, 0.3) is 10.0 Å². The Kier molecular flexibility index (Phi) is 4.93. The van der Waals surface area contributed by atoms with Gasteiger partial charge in [-0.2, -0.15) is 0 Å². The van der Waals surface area contributed by atoms with E-state index in [9.17, 15) is 21.6 Å². The molecule has 27 heavy (non-hydrogen) atoms. The van der Waals surface area contributed by atoms with E-state index in [1.54, 1.807) is 26.0 Å². The molecule has 140 valence electrons. The van der Waals surface area contributed by atoms with Gasteiger partial charge >= 0.3 is 0 Å². The summed E-state index contributed by atoms with van der Waals surface area (Å²) in [6.45, 7) is 3.33. The van der Waals surface area contributed by atoms with Crippen molar-refractivity contribution >= 4 is 15.8 Å². The summed E-state index contributed by atoms with van der Waals surface area (Å²) in [6.07, 6.45) is 0. The fourth-order valence-electron chi connectivity index (χ4n) is 2.63. The molecule has 0 unspecified atom stereocenters. The first kappa shape index (κ1) is 18.9. The number of aromatic nitrogens is 1. The number of pyridine rings is 1. The van der Waals surface area contributed by atoms with E-state index in [1.165, 1.54) is 24.3 Å². The SMILES string of the molecule is Cc1cccc(NS(=O)(=O)c2ccc(-c3cc(F)c(F)c(F)c3)c(C)c2)n1. The average Bonchev–Trinajstić information content (AvgIpc) is 2.58. The number of rotatable bonds is 4. The highest BCUT2D eigenvalue weighted by molar-refractivity contribution is 7.92. The van der Waals surface area contributed by atoms with Gasteiger partial charge in [-0.25, -0.2) is 26.6 Å². The molecule has 1 aromatic heterocycles. The Bertz CT molecular complexity index is 1110. The van der Waals surface area contributed by atoms with E-state index in [4.69, 9.17) is 0 Å². The van der Waals surface area contributed by atoms with Crippen molar-refractivity contribution in [1.82, 2.24) is 4.98 Å². The number of sulfonamides is 1. The van der Waals surface area contributed by atoms with Gasteiger partial charge in [0.1, 0.15) is 5.82 Å². The van der Waals surface area contributed by atoms with Gasteiger partial charge in [0.05, 0.1) is 4.90 Å². The molecule has 0 amide bonds. The van der Waals surface area contributed by atoms with Crippen LogP contribution in [0.2, 0.25) is 0 Å². The number of halogens is 3. The quantitative estimate of drug-likeness (QED) is 0.661. The lowest BCUT2D eigenvalue weighted by atomic mass is 10.0. The molecule has 0 radical (unpaired) electrons. The lowest BCUT2D eigenvalue weighted by molar-refractivity contribution is 0.447. The second-order valence-electron chi connectivity index (χ2n) is 6.00. The summed E-state index contributed by atoms with van der Waals surface area (Å²) in [5, 5.41) is 0. The van der Waals surface area contributed by atoms with Crippen molar-refractivity contribution in [1.29, 1.82) is 0 Å². The molecule has 4 nitrogen and oxygen atoms in total. The van der Waals surface area contributed by atoms with Crippen molar-refractivity contribution in [3.05, 3.63) is 77.2 Å². The lowest BCUT2D eigenvalue weighted by Crippen LogP contribution is -2.14. The first-order chi connectivity index (χ1) is 12.7. The number of hydrogen-bond acceptors (Lipinski definition) is 3. The van der Waals surface area contributed by atoms with Crippen LogP contribution in [0, 0.1) is 31.3 Å². The Balaban J connectivity index is 1.97. The number of hydrogen-bond donors (Lipinski definition) is 1. The maximum atomic E-state index is 13.5. The fourth-order valence-corrected chi connectivity index (χ4v) is 3.72. The average molecular weight is 392 g/mol. The third kappa shape index (κ3) is 3.95. The van der Waals surface area contributed by atoms with Crippen LogP contribution in [0.4, 0.5) is 19.0 Å². The van der Waals surface area contributed by atoms with Crippen LogP contribution in [0.25, 0.3) is 11.1 Å². The first-order valence-corrected chi connectivity index (χ1v) is 9.38. The Morgan fingerprint density at radius 3 is 2.19 bits per heavy atom. The molecule has 0 aliphatic heterocycles. The largest absolute Gasteiger partial charge is 0.263 e. The minimum absolute atomic E-state index is 0.0323. The van der Waals surface area contributed by atoms with Gasteiger partial charge in [0.2, 0.25) is 0 Å². The molecule has 0 bridgehead atoms. The second kappa shape index (κ2) is 7.03. The zero-order chi connectivity index (χ0) is 19.8. The van der Waals surface area contributed by atoms with E-state index in [1.807, 2.05) is 0 Å². The summed E-state index contributed by atoms with van der Waals surface area (Å²) in [7, 11) is -3.90. The van der Waals surface area contributed by atoms with Crippen molar-refractivity contribution < 1.29 is 21.6 Å². The van der Waals surface area contributed by atoms with Crippen LogP contribution in [-0.2, 0) is 10.0 Å². The third-order valence-corrected chi connectivity index (χ3v) is 5.28. The third-order valence-electron chi connectivity index (χ3n) is 3.93. The number of nitrogens with one attached hydrogen (secondary N) is 1. The van der Waals surface area contributed by atoms with Gasteiger partial charge in [-0.15, -0.1) is 0 Å². The molecule has 2 aromatic carbocycles. The highest BCUT2D eigenvalue weighted by atomic mass is 32.2. The number of benzene rings is 2. The van der Waals surface area contributed by atoms with Crippen molar-refractivity contribution in [3.8, 4) is 11.1 Å². The van der Waals surface area contributed by atoms with E-state index < -0.39 is 27.5 Å². The normalized spacial score (nSPS) is 11.4. The van der Waals surface area contributed by atoms with Gasteiger partial charge in [0, 0.05) is 5.69 Å². The van der Waals surface area contributed by atoms with E-state index in [0.29, 0.717) is 16.8 Å². The molecule has 8 heteroatoms. The minimum atomic E-state index is -3.90. The van der Waals surface area contributed by atoms with Gasteiger partial charge < -0.3 is 0 Å². The van der Waals surface area contributed by atoms with Crippen LogP contribution >= 0.6 is 0 Å². The molecule has 3 aromatic rings. The fraction of sp³-hybridized carbons (Fsp3) is 0.105. The van der Waals surface area contributed by atoms with Gasteiger partial charge in [-0.3, -0.25) is 4.72 Å². The molecular weight excluding hydrogens is 377 g/mol. The van der Waals surface area contributed by atoms with Crippen molar-refractivity contribution in [3.63, 3.8) is 0 Å². The predicted octanol–water partition coefficient (Wildman–Crippen LogP) is 4.58. The molecule has 0 saturated heterocycles. The van der Waals surface area contributed by atoms with Crippen LogP contribution in [0.1, 0.15) is 11.3 Å². The van der Waals surface area contributed by atoms with Crippen LogP contribution in [0.15, 0.2) is 53.4 Å². The summed E-state index contributed by atoms with van der Waals surface area (Å²) in [6, 6.07) is 10.7. The molecule has 3 rings (SSSR count). The maximum Gasteiger partial charge on any atom is 0.263 e. The summed E-state index contributed by atoms with van der Waals surface area (Å²) < 4.78 is 67.6. The lowest BCUT2D eigenvalue weighted by Gasteiger charge is -2.12. The first-order valence-electron chi connectivity index (χ1n) is 7.89. The molecular formula is C19H15F3N2O2S. The Labute approximate surface area is 154 Å². The van der Waals surface area contributed by atoms with Crippen LogP contribution in [0.3, 0.4) is 0 Å². The molecule has 0 fully saturated rings. The van der Waals surface area contributed by atoms with Crippen LogP contribution in [-0.4, -0.2) is 13.4 Å². The van der Waals surface area contributed by atoms with Gasteiger partial charge in [-0.05, 0) is 66.9 Å². The van der Waals surface area contributed by atoms with Crippen LogP contribution < -0.4 is 4.72 Å². The Morgan fingerprint density at radius 2 is 1.59 bits per heavy atom. The molecule has 1 N–H and O–H groups in total. The van der Waals surface area contributed by atoms with Crippen molar-refractivity contribution in [2.45, 2.75) is 18.7 Å². The molecule has 0 aliphatic carbocycles. The maximum absolute atomic E-state index is 13.5. The number of aryl methyl sites for hydroxylation is 2. The van der Waals surface area contributed by atoms with Crippen molar-refractivity contribution in [2.24, 2.45) is 0 Å². The summed E-state index contributed by atoms with van der Waals surface area (Å²) in [5.41, 5.74) is 1.61. The zero-order valence-electron chi connectivity index (χ0n) is 14.4. The standard InChI is InChI=1S/C19H15F3N2O2S/c1-11-8-14(27(25,26)24-18-5-3-4-12(2)23-18)6-7-15(11)13-9-16(20)19(22)17(21)10-13/h3-10H,1-2H3,(H,23,24). The molecule has 0 aliphatic rings. The van der Waals surface area contributed by atoms with E-state index in [2.05, 4.69) is 9.71 Å². The summed E-state index contributed by atoms with van der Waals surface area (Å²) >= 11 is 0. The summed E-state index contributed by atoms with van der Waals surface area (Å²) in [4.78, 5) is 4.06. The van der Waals surface area contributed by atoms with Crippen molar-refractivity contribution in [2.75, 3.05) is 4.72 Å². The minimum Gasteiger partial charge on any atom is -0.263 e. The highest BCUT2D eigenvalue weighted by Gasteiger charge is 2.18. The topological polar surface area (TPSA) is 59.1 Å². The van der Waals surface area contributed by atoms with E-state index in [-0.39, 0.29) is 16.3 Å². The molecule has 0 spiro atoms. The van der Waals surface area contributed by atoms with E-state index >= 15 is 0 Å². The Hall–Kier alpha value is -2.87. The highest BCUT2D eigenvalue weighted by Crippen LogP contribution is 2.28. The van der Waals surface area contributed by atoms with E-state index in [0.717, 1.165) is 12.1 Å². The number of nitrogens with zero attached hydrogens (tertiary/aromatic N) is 1. The second-order valence-corrected chi connectivity index (χ2v) is 7.68. The monoisotopic (exact) mass is 392 g/mol. The van der Waals surface area contributed by atoms with Crippen LogP contribution in [0.5, 0.6) is 0 Å². The number of anilines is 1. The van der Waals surface area contributed by atoms with Gasteiger partial charge in [0.15, 0.2) is 17.5 Å². The summed E-state index contributed by atoms with van der Waals surface area (Å²) in [5.74, 6) is -3.99. The smallest absolute Gasteiger partial charge is 0.263 e. The predicted molar refractivity (Wildman–Crippen MR) is 96.3 cm³/mol. The molecule has 0 saturated carbocycles. The van der Waals surface area contributed by atoms with Gasteiger partial charge in [-0.1, -0.05) is 12.1 Å². The zero-order valence-corrected chi connectivity index (χ0v) is 15.2.